The highest BCUT2D eigenvalue weighted by molar-refractivity contribution is 7.99. The number of thioether (sulfide) groups is 1. The Morgan fingerprint density at radius 1 is 1.00 bits per heavy atom. The summed E-state index contributed by atoms with van der Waals surface area (Å²) >= 11 is 1.70. The third-order valence-corrected chi connectivity index (χ3v) is 5.48. The van der Waals surface area contributed by atoms with Crippen molar-refractivity contribution >= 4 is 39.3 Å². The topological polar surface area (TPSA) is 26.3 Å². The van der Waals surface area contributed by atoms with E-state index in [0.29, 0.717) is 6.61 Å². The molecule has 3 aromatic rings. The summed E-state index contributed by atoms with van der Waals surface area (Å²) in [5.74, 6) is 0.774. The van der Waals surface area contributed by atoms with Crippen molar-refractivity contribution in [2.75, 3.05) is 6.61 Å². The molecule has 1 heterocycles. The van der Waals surface area contributed by atoms with Gasteiger partial charge in [0.25, 0.3) is 0 Å². The second kappa shape index (κ2) is 5.65. The van der Waals surface area contributed by atoms with Crippen molar-refractivity contribution in [1.29, 1.82) is 0 Å². The average Bonchev–Trinajstić information content (AvgIpc) is 2.96. The quantitative estimate of drug-likeness (QED) is 0.525. The van der Waals surface area contributed by atoms with Crippen LogP contribution in [-0.2, 0) is 15.3 Å². The number of carbonyl (C=O) groups is 1. The Labute approximate surface area is 133 Å². The van der Waals surface area contributed by atoms with Crippen LogP contribution >= 0.6 is 11.8 Å². The van der Waals surface area contributed by atoms with Gasteiger partial charge in [0.1, 0.15) is 5.25 Å². The SMILES string of the molecule is O=C1OCCC1SCc1c2ccccc2cc2ccccc12. The van der Waals surface area contributed by atoms with E-state index < -0.39 is 0 Å². The minimum atomic E-state index is -0.0606. The molecule has 0 spiro atoms. The maximum atomic E-state index is 11.7. The molecule has 0 aromatic heterocycles. The number of hydrogen-bond donors (Lipinski definition) is 0. The smallest absolute Gasteiger partial charge is 0.319 e. The molecule has 0 N–H and O–H groups in total. The van der Waals surface area contributed by atoms with Crippen molar-refractivity contribution in [2.45, 2.75) is 17.4 Å². The highest BCUT2D eigenvalue weighted by Crippen LogP contribution is 2.33. The standard InChI is InChI=1S/C19H16O2S/c20-19-18(9-10-21-19)22-12-17-15-7-3-1-5-13(15)11-14-6-2-4-8-16(14)17/h1-8,11,18H,9-10,12H2. The minimum absolute atomic E-state index is 0.0160. The molecule has 1 aliphatic rings. The number of hydrogen-bond acceptors (Lipinski definition) is 3. The van der Waals surface area contributed by atoms with E-state index in [9.17, 15) is 4.79 Å². The lowest BCUT2D eigenvalue weighted by Gasteiger charge is -2.12. The maximum Gasteiger partial charge on any atom is 0.319 e. The molecule has 3 heteroatoms. The van der Waals surface area contributed by atoms with Crippen LogP contribution in [0.25, 0.3) is 21.5 Å². The van der Waals surface area contributed by atoms with Gasteiger partial charge in [-0.15, -0.1) is 11.8 Å². The largest absolute Gasteiger partial charge is 0.465 e. The van der Waals surface area contributed by atoms with Crippen LogP contribution in [0.5, 0.6) is 0 Å². The van der Waals surface area contributed by atoms with Gasteiger partial charge in [-0.3, -0.25) is 4.79 Å². The van der Waals surface area contributed by atoms with Crippen LogP contribution in [0.2, 0.25) is 0 Å². The van der Waals surface area contributed by atoms with Crippen LogP contribution in [0, 0.1) is 0 Å². The van der Waals surface area contributed by atoms with Gasteiger partial charge in [-0.2, -0.15) is 0 Å². The van der Waals surface area contributed by atoms with Gasteiger partial charge in [-0.1, -0.05) is 48.5 Å². The molecule has 4 rings (SSSR count). The number of cyclic esters (lactones) is 1. The molecule has 1 unspecified atom stereocenters. The van der Waals surface area contributed by atoms with Crippen LogP contribution in [0.1, 0.15) is 12.0 Å². The second-order valence-electron chi connectivity index (χ2n) is 5.55. The molecule has 22 heavy (non-hydrogen) atoms. The molecule has 110 valence electrons. The van der Waals surface area contributed by atoms with Crippen molar-refractivity contribution in [2.24, 2.45) is 0 Å². The first kappa shape index (κ1) is 13.6. The van der Waals surface area contributed by atoms with Gasteiger partial charge >= 0.3 is 5.97 Å². The van der Waals surface area contributed by atoms with E-state index in [1.807, 2.05) is 0 Å². The number of rotatable bonds is 3. The zero-order valence-electron chi connectivity index (χ0n) is 12.1. The van der Waals surface area contributed by atoms with Crippen molar-refractivity contribution in [3.8, 4) is 0 Å². The third kappa shape index (κ3) is 2.35. The van der Waals surface area contributed by atoms with Gasteiger partial charge in [-0.25, -0.2) is 0 Å². The molecule has 0 saturated carbocycles. The van der Waals surface area contributed by atoms with E-state index in [0.717, 1.165) is 12.2 Å². The minimum Gasteiger partial charge on any atom is -0.465 e. The van der Waals surface area contributed by atoms with Gasteiger partial charge in [0, 0.05) is 12.2 Å². The van der Waals surface area contributed by atoms with Crippen LogP contribution in [0.4, 0.5) is 0 Å². The molecule has 0 aliphatic carbocycles. The monoisotopic (exact) mass is 308 g/mol. The summed E-state index contributed by atoms with van der Waals surface area (Å²) in [6.07, 6.45) is 0.826. The van der Waals surface area contributed by atoms with Crippen LogP contribution in [0.15, 0.2) is 54.6 Å². The van der Waals surface area contributed by atoms with Crippen LogP contribution in [-0.4, -0.2) is 17.8 Å². The number of carbonyl (C=O) groups excluding carboxylic acids is 1. The first-order valence-electron chi connectivity index (χ1n) is 7.50. The van der Waals surface area contributed by atoms with Gasteiger partial charge in [0.2, 0.25) is 0 Å². The van der Waals surface area contributed by atoms with Crippen molar-refractivity contribution in [3.05, 3.63) is 60.2 Å². The molecule has 0 bridgehead atoms. The van der Waals surface area contributed by atoms with Gasteiger partial charge in [0.15, 0.2) is 0 Å². The van der Waals surface area contributed by atoms with E-state index in [-0.39, 0.29) is 11.2 Å². The summed E-state index contributed by atoms with van der Waals surface area (Å²) in [7, 11) is 0. The van der Waals surface area contributed by atoms with Crippen LogP contribution < -0.4 is 0 Å². The van der Waals surface area contributed by atoms with E-state index in [4.69, 9.17) is 4.74 Å². The van der Waals surface area contributed by atoms with E-state index in [1.54, 1.807) is 11.8 Å². The highest BCUT2D eigenvalue weighted by atomic mass is 32.2. The zero-order chi connectivity index (χ0) is 14.9. The summed E-state index contributed by atoms with van der Waals surface area (Å²) in [5.41, 5.74) is 1.32. The predicted molar refractivity (Wildman–Crippen MR) is 92.1 cm³/mol. The molecular weight excluding hydrogens is 292 g/mol. The molecule has 1 saturated heterocycles. The fourth-order valence-corrected chi connectivity index (χ4v) is 4.22. The van der Waals surface area contributed by atoms with E-state index >= 15 is 0 Å². The van der Waals surface area contributed by atoms with Crippen molar-refractivity contribution < 1.29 is 9.53 Å². The molecule has 1 aliphatic heterocycles. The van der Waals surface area contributed by atoms with E-state index in [1.165, 1.54) is 27.1 Å². The van der Waals surface area contributed by atoms with Gasteiger partial charge in [0.05, 0.1) is 6.61 Å². The summed E-state index contributed by atoms with van der Waals surface area (Å²) in [6.45, 7) is 0.562. The molecular formula is C19H16O2S. The number of fused-ring (bicyclic) bond motifs is 2. The first-order chi connectivity index (χ1) is 10.8. The summed E-state index contributed by atoms with van der Waals surface area (Å²) in [6, 6.07) is 19.2. The molecule has 2 nitrogen and oxygen atoms in total. The number of esters is 1. The lowest BCUT2D eigenvalue weighted by molar-refractivity contribution is -0.137. The maximum absolute atomic E-state index is 11.7. The Morgan fingerprint density at radius 2 is 1.64 bits per heavy atom. The first-order valence-corrected chi connectivity index (χ1v) is 8.55. The Bertz CT molecular complexity index is 802. The summed E-state index contributed by atoms with van der Waals surface area (Å²) in [4.78, 5) is 11.7. The predicted octanol–water partition coefficient (Wildman–Crippen LogP) is 4.54. The molecule has 1 fully saturated rings. The fraction of sp³-hybridized carbons (Fsp3) is 0.211. The Balaban J connectivity index is 1.80. The van der Waals surface area contributed by atoms with Gasteiger partial charge in [-0.05, 0) is 33.2 Å². The number of benzene rings is 3. The average molecular weight is 308 g/mol. The zero-order valence-corrected chi connectivity index (χ0v) is 12.9. The van der Waals surface area contributed by atoms with Gasteiger partial charge < -0.3 is 4.74 Å². The highest BCUT2D eigenvalue weighted by Gasteiger charge is 2.27. The Hall–Kier alpha value is -2.00. The third-order valence-electron chi connectivity index (χ3n) is 4.20. The summed E-state index contributed by atoms with van der Waals surface area (Å²) < 4.78 is 5.07. The lowest BCUT2D eigenvalue weighted by atomic mass is 9.98. The molecule has 0 radical (unpaired) electrons. The summed E-state index contributed by atoms with van der Waals surface area (Å²) in [5, 5.41) is 5.05. The fourth-order valence-electron chi connectivity index (χ4n) is 3.08. The number of ether oxygens (including phenoxy) is 1. The van der Waals surface area contributed by atoms with Crippen molar-refractivity contribution in [3.63, 3.8) is 0 Å². The van der Waals surface area contributed by atoms with E-state index in [2.05, 4.69) is 54.6 Å². The van der Waals surface area contributed by atoms with Crippen molar-refractivity contribution in [1.82, 2.24) is 0 Å². The second-order valence-corrected chi connectivity index (χ2v) is 6.74. The molecule has 0 amide bonds. The van der Waals surface area contributed by atoms with Crippen LogP contribution in [0.3, 0.4) is 0 Å². The Morgan fingerprint density at radius 3 is 2.23 bits per heavy atom. The normalized spacial score (nSPS) is 18.0. The molecule has 1 atom stereocenters. The molecule has 3 aromatic carbocycles. The lowest BCUT2D eigenvalue weighted by Crippen LogP contribution is -2.09. The Kier molecular flexibility index (Phi) is 3.51.